The standard InChI is InChI=1S/C21H29NS/c1-3-5-6-8-16-9-12-19-17(15-16)10-13-20(22-19)21-14-11-18(23-21)7-4-2/h10-11,13-14,16H,3-9,12,15H2,1-2H3. The van der Waals surface area contributed by atoms with E-state index in [1.807, 2.05) is 11.3 Å². The molecule has 2 aromatic heterocycles. The molecule has 23 heavy (non-hydrogen) atoms. The molecule has 2 aromatic rings. The van der Waals surface area contributed by atoms with Gasteiger partial charge >= 0.3 is 0 Å². The van der Waals surface area contributed by atoms with Crippen molar-refractivity contribution in [2.24, 2.45) is 5.92 Å². The Morgan fingerprint density at radius 2 is 2.00 bits per heavy atom. The molecule has 1 unspecified atom stereocenters. The van der Waals surface area contributed by atoms with E-state index in [2.05, 4.69) is 38.1 Å². The van der Waals surface area contributed by atoms with Crippen LogP contribution in [0, 0.1) is 5.92 Å². The second kappa shape index (κ2) is 8.10. The van der Waals surface area contributed by atoms with E-state index in [9.17, 15) is 0 Å². The molecule has 0 bridgehead atoms. The van der Waals surface area contributed by atoms with Gasteiger partial charge in [0, 0.05) is 10.6 Å². The maximum atomic E-state index is 5.00. The average Bonchev–Trinajstić information content (AvgIpc) is 3.04. The van der Waals surface area contributed by atoms with Crippen molar-refractivity contribution in [2.75, 3.05) is 0 Å². The van der Waals surface area contributed by atoms with E-state index in [0.29, 0.717) is 0 Å². The molecule has 2 heterocycles. The van der Waals surface area contributed by atoms with Gasteiger partial charge in [-0.1, -0.05) is 52.0 Å². The monoisotopic (exact) mass is 327 g/mol. The lowest BCUT2D eigenvalue weighted by molar-refractivity contribution is 0.404. The number of thiophene rings is 1. The Morgan fingerprint density at radius 3 is 2.83 bits per heavy atom. The predicted molar refractivity (Wildman–Crippen MR) is 101 cm³/mol. The second-order valence-electron chi connectivity index (χ2n) is 6.92. The fourth-order valence-electron chi connectivity index (χ4n) is 3.65. The SMILES string of the molecule is CCCCCC1CCc2nc(-c3ccc(CCC)s3)ccc2C1. The zero-order valence-corrected chi connectivity index (χ0v) is 15.4. The molecule has 1 aliphatic rings. The summed E-state index contributed by atoms with van der Waals surface area (Å²) in [4.78, 5) is 7.82. The van der Waals surface area contributed by atoms with Gasteiger partial charge in [-0.3, -0.25) is 4.98 Å². The van der Waals surface area contributed by atoms with E-state index < -0.39 is 0 Å². The molecule has 1 aliphatic carbocycles. The van der Waals surface area contributed by atoms with Crippen LogP contribution in [0.1, 0.15) is 68.5 Å². The molecule has 0 saturated heterocycles. The molecule has 1 nitrogen and oxygen atoms in total. The highest BCUT2D eigenvalue weighted by atomic mass is 32.1. The fraction of sp³-hybridized carbons (Fsp3) is 0.571. The van der Waals surface area contributed by atoms with Crippen LogP contribution in [-0.4, -0.2) is 4.98 Å². The third-order valence-corrected chi connectivity index (χ3v) is 6.16. The second-order valence-corrected chi connectivity index (χ2v) is 8.09. The largest absolute Gasteiger partial charge is 0.252 e. The number of hydrogen-bond acceptors (Lipinski definition) is 2. The number of fused-ring (bicyclic) bond motifs is 1. The first-order valence-corrected chi connectivity index (χ1v) is 10.2. The Hall–Kier alpha value is -1.15. The first-order valence-electron chi connectivity index (χ1n) is 9.38. The van der Waals surface area contributed by atoms with Crippen molar-refractivity contribution in [3.8, 4) is 10.6 Å². The summed E-state index contributed by atoms with van der Waals surface area (Å²) in [6, 6.07) is 9.12. The number of nitrogens with zero attached hydrogens (tertiary/aromatic N) is 1. The van der Waals surface area contributed by atoms with Gasteiger partial charge in [0.15, 0.2) is 0 Å². The minimum Gasteiger partial charge on any atom is -0.252 e. The maximum Gasteiger partial charge on any atom is 0.0805 e. The lowest BCUT2D eigenvalue weighted by atomic mass is 9.83. The van der Waals surface area contributed by atoms with Crippen molar-refractivity contribution in [3.05, 3.63) is 40.4 Å². The van der Waals surface area contributed by atoms with Crippen molar-refractivity contribution in [1.29, 1.82) is 0 Å². The minimum absolute atomic E-state index is 0.889. The van der Waals surface area contributed by atoms with Gasteiger partial charge in [-0.25, -0.2) is 0 Å². The summed E-state index contributed by atoms with van der Waals surface area (Å²) in [7, 11) is 0. The molecular formula is C21H29NS. The van der Waals surface area contributed by atoms with Crippen LogP contribution in [-0.2, 0) is 19.3 Å². The summed E-state index contributed by atoms with van der Waals surface area (Å²) in [6.45, 7) is 4.53. The minimum atomic E-state index is 0.889. The summed E-state index contributed by atoms with van der Waals surface area (Å²) >= 11 is 1.91. The van der Waals surface area contributed by atoms with Crippen LogP contribution in [0.15, 0.2) is 24.3 Å². The van der Waals surface area contributed by atoms with Gasteiger partial charge < -0.3 is 0 Å². The normalized spacial score (nSPS) is 17.2. The van der Waals surface area contributed by atoms with Crippen molar-refractivity contribution in [3.63, 3.8) is 0 Å². The first-order chi connectivity index (χ1) is 11.3. The van der Waals surface area contributed by atoms with Gasteiger partial charge in [-0.2, -0.15) is 0 Å². The van der Waals surface area contributed by atoms with Crippen LogP contribution in [0.5, 0.6) is 0 Å². The maximum absolute atomic E-state index is 5.00. The summed E-state index contributed by atoms with van der Waals surface area (Å²) in [6.07, 6.45) is 11.7. The number of aromatic nitrogens is 1. The highest BCUT2D eigenvalue weighted by Crippen LogP contribution is 2.32. The lowest BCUT2D eigenvalue weighted by Gasteiger charge is -2.24. The van der Waals surface area contributed by atoms with Crippen LogP contribution < -0.4 is 0 Å². The summed E-state index contributed by atoms with van der Waals surface area (Å²) < 4.78 is 0. The molecule has 0 aromatic carbocycles. The first kappa shape index (κ1) is 16.7. The third-order valence-electron chi connectivity index (χ3n) is 4.99. The number of rotatable bonds is 7. The molecule has 0 fully saturated rings. The molecule has 0 saturated carbocycles. The molecule has 0 spiro atoms. The van der Waals surface area contributed by atoms with E-state index in [-0.39, 0.29) is 0 Å². The highest BCUT2D eigenvalue weighted by Gasteiger charge is 2.20. The Labute approximate surface area is 145 Å². The lowest BCUT2D eigenvalue weighted by Crippen LogP contribution is -2.15. The van der Waals surface area contributed by atoms with E-state index in [4.69, 9.17) is 4.98 Å². The Bertz CT molecular complexity index is 629. The van der Waals surface area contributed by atoms with Crippen molar-refractivity contribution < 1.29 is 0 Å². The van der Waals surface area contributed by atoms with E-state index >= 15 is 0 Å². The number of pyridine rings is 1. The van der Waals surface area contributed by atoms with E-state index in [1.165, 1.54) is 84.5 Å². The van der Waals surface area contributed by atoms with Gasteiger partial charge in [-0.05, 0) is 55.4 Å². The van der Waals surface area contributed by atoms with Crippen LogP contribution >= 0.6 is 11.3 Å². The molecule has 124 valence electrons. The Kier molecular flexibility index (Phi) is 5.88. The average molecular weight is 328 g/mol. The summed E-state index contributed by atoms with van der Waals surface area (Å²) in [5.41, 5.74) is 4.05. The van der Waals surface area contributed by atoms with Gasteiger partial charge in [0.05, 0.1) is 10.6 Å². The molecule has 0 N–H and O–H groups in total. The van der Waals surface area contributed by atoms with Gasteiger partial charge in [0.1, 0.15) is 0 Å². The Morgan fingerprint density at radius 1 is 1.09 bits per heavy atom. The van der Waals surface area contributed by atoms with Gasteiger partial charge in [0.25, 0.3) is 0 Å². The van der Waals surface area contributed by atoms with E-state index in [0.717, 1.165) is 5.92 Å². The highest BCUT2D eigenvalue weighted by molar-refractivity contribution is 7.15. The fourth-order valence-corrected chi connectivity index (χ4v) is 4.73. The number of aryl methyl sites for hydroxylation is 2. The van der Waals surface area contributed by atoms with Crippen molar-refractivity contribution >= 4 is 11.3 Å². The van der Waals surface area contributed by atoms with Crippen molar-refractivity contribution in [1.82, 2.24) is 4.98 Å². The summed E-state index contributed by atoms with van der Waals surface area (Å²) in [5.74, 6) is 0.889. The third kappa shape index (κ3) is 4.23. The van der Waals surface area contributed by atoms with Crippen molar-refractivity contribution in [2.45, 2.75) is 71.6 Å². The summed E-state index contributed by atoms with van der Waals surface area (Å²) in [5, 5.41) is 0. The van der Waals surface area contributed by atoms with Crippen LogP contribution in [0.3, 0.4) is 0 Å². The zero-order chi connectivity index (χ0) is 16.1. The van der Waals surface area contributed by atoms with Crippen LogP contribution in [0.2, 0.25) is 0 Å². The smallest absolute Gasteiger partial charge is 0.0805 e. The zero-order valence-electron chi connectivity index (χ0n) is 14.6. The topological polar surface area (TPSA) is 12.9 Å². The molecular weight excluding hydrogens is 298 g/mol. The molecule has 0 amide bonds. The molecule has 1 atom stereocenters. The Balaban J connectivity index is 1.68. The number of unbranched alkanes of at least 4 members (excludes halogenated alkanes) is 2. The molecule has 0 radical (unpaired) electrons. The number of hydrogen-bond donors (Lipinski definition) is 0. The molecule has 2 heteroatoms. The predicted octanol–water partition coefficient (Wildman–Crippen LogP) is 6.45. The van der Waals surface area contributed by atoms with Crippen LogP contribution in [0.4, 0.5) is 0 Å². The van der Waals surface area contributed by atoms with Gasteiger partial charge in [0.2, 0.25) is 0 Å². The molecule has 0 aliphatic heterocycles. The van der Waals surface area contributed by atoms with Crippen LogP contribution in [0.25, 0.3) is 10.6 Å². The molecule has 3 rings (SSSR count). The van der Waals surface area contributed by atoms with E-state index in [1.54, 1.807) is 0 Å². The quantitative estimate of drug-likeness (QED) is 0.533. The van der Waals surface area contributed by atoms with Gasteiger partial charge in [-0.15, -0.1) is 11.3 Å².